The summed E-state index contributed by atoms with van der Waals surface area (Å²) in [5.74, 6) is -6.99. The van der Waals surface area contributed by atoms with Gasteiger partial charge in [0.2, 0.25) is 0 Å². The Morgan fingerprint density at radius 2 is 1.41 bits per heavy atom. The molecule has 2 aromatic carbocycles. The third-order valence-electron chi connectivity index (χ3n) is 4.88. The van der Waals surface area contributed by atoms with Crippen LogP contribution in [0.1, 0.15) is 42.7 Å². The van der Waals surface area contributed by atoms with E-state index in [0.717, 1.165) is 6.29 Å². The maximum atomic E-state index is 14.3. The molecular formula is C20H17F5O2. The molecule has 1 aliphatic rings. The largest absolute Gasteiger partial charge is 0.483 e. The van der Waals surface area contributed by atoms with E-state index in [1.807, 2.05) is 0 Å². The lowest BCUT2D eigenvalue weighted by atomic mass is 9.79. The van der Waals surface area contributed by atoms with Gasteiger partial charge in [-0.3, -0.25) is 0 Å². The van der Waals surface area contributed by atoms with Crippen LogP contribution in [0, 0.1) is 35.0 Å². The summed E-state index contributed by atoms with van der Waals surface area (Å²) in [6, 6.07) is 3.76. The Morgan fingerprint density at radius 3 is 1.93 bits per heavy atom. The van der Waals surface area contributed by atoms with Gasteiger partial charge in [0.25, 0.3) is 0 Å². The van der Waals surface area contributed by atoms with Gasteiger partial charge in [0, 0.05) is 5.92 Å². The summed E-state index contributed by atoms with van der Waals surface area (Å²) >= 11 is 0. The van der Waals surface area contributed by atoms with Crippen LogP contribution in [0.4, 0.5) is 22.0 Å². The standard InChI is InChI=1S/C20H17F5O2/c21-15-5-12(6-16(22)19(15)25)10-27-20-17(23)7-14(8-18(20)24)13-3-1-11(9-26)2-4-13/h5-9,11,13H,1-4,10H2. The molecular weight excluding hydrogens is 367 g/mol. The fraction of sp³-hybridized carbons (Fsp3) is 0.350. The molecule has 0 heterocycles. The Morgan fingerprint density at radius 1 is 0.852 bits per heavy atom. The normalized spacial score (nSPS) is 19.7. The lowest BCUT2D eigenvalue weighted by molar-refractivity contribution is -0.111. The van der Waals surface area contributed by atoms with Crippen LogP contribution < -0.4 is 4.74 Å². The monoisotopic (exact) mass is 384 g/mol. The summed E-state index contributed by atoms with van der Waals surface area (Å²) in [6.07, 6.45) is 3.59. The van der Waals surface area contributed by atoms with E-state index >= 15 is 0 Å². The van der Waals surface area contributed by atoms with E-state index in [-0.39, 0.29) is 17.4 Å². The van der Waals surface area contributed by atoms with Crippen LogP contribution in [-0.4, -0.2) is 6.29 Å². The highest BCUT2D eigenvalue weighted by atomic mass is 19.2. The lowest BCUT2D eigenvalue weighted by Crippen LogP contribution is -2.14. The molecule has 0 atom stereocenters. The van der Waals surface area contributed by atoms with Gasteiger partial charge in [0.15, 0.2) is 34.8 Å². The van der Waals surface area contributed by atoms with E-state index in [1.54, 1.807) is 0 Å². The number of carbonyl (C=O) groups is 1. The van der Waals surface area contributed by atoms with Crippen molar-refractivity contribution in [3.8, 4) is 5.75 Å². The first-order valence-electron chi connectivity index (χ1n) is 8.59. The number of hydrogen-bond acceptors (Lipinski definition) is 2. The second-order valence-electron chi connectivity index (χ2n) is 6.72. The minimum absolute atomic E-state index is 0.00458. The quantitative estimate of drug-likeness (QED) is 0.390. The summed E-state index contributed by atoms with van der Waals surface area (Å²) in [5, 5.41) is 0. The van der Waals surface area contributed by atoms with Crippen LogP contribution >= 0.6 is 0 Å². The van der Waals surface area contributed by atoms with Crippen LogP contribution in [0.15, 0.2) is 24.3 Å². The fourth-order valence-corrected chi connectivity index (χ4v) is 3.39. The summed E-state index contributed by atoms with van der Waals surface area (Å²) in [5.41, 5.74) is 0.391. The molecule has 0 aromatic heterocycles. The van der Waals surface area contributed by atoms with Gasteiger partial charge in [-0.25, -0.2) is 22.0 Å². The second kappa shape index (κ2) is 8.06. The van der Waals surface area contributed by atoms with Crippen LogP contribution in [0.3, 0.4) is 0 Å². The second-order valence-corrected chi connectivity index (χ2v) is 6.72. The number of halogens is 5. The maximum absolute atomic E-state index is 14.3. The van der Waals surface area contributed by atoms with Crippen molar-refractivity contribution in [1.29, 1.82) is 0 Å². The average molecular weight is 384 g/mol. The number of rotatable bonds is 5. The smallest absolute Gasteiger partial charge is 0.194 e. The van der Waals surface area contributed by atoms with E-state index < -0.39 is 41.4 Å². The molecule has 0 aliphatic heterocycles. The van der Waals surface area contributed by atoms with Gasteiger partial charge >= 0.3 is 0 Å². The topological polar surface area (TPSA) is 26.3 Å². The molecule has 27 heavy (non-hydrogen) atoms. The molecule has 2 nitrogen and oxygen atoms in total. The van der Waals surface area contributed by atoms with E-state index in [9.17, 15) is 26.7 Å². The van der Waals surface area contributed by atoms with Crippen molar-refractivity contribution >= 4 is 6.29 Å². The van der Waals surface area contributed by atoms with Crippen molar-refractivity contribution in [1.82, 2.24) is 0 Å². The summed E-state index contributed by atoms with van der Waals surface area (Å²) in [4.78, 5) is 10.8. The van der Waals surface area contributed by atoms with Crippen molar-refractivity contribution in [2.75, 3.05) is 0 Å². The van der Waals surface area contributed by atoms with Crippen LogP contribution in [0.25, 0.3) is 0 Å². The minimum atomic E-state index is -1.62. The fourth-order valence-electron chi connectivity index (χ4n) is 3.39. The third kappa shape index (κ3) is 4.28. The first-order valence-corrected chi connectivity index (χ1v) is 8.59. The van der Waals surface area contributed by atoms with Crippen molar-refractivity contribution < 1.29 is 31.5 Å². The molecule has 2 aromatic rings. The number of aldehydes is 1. The van der Waals surface area contributed by atoms with Crippen molar-refractivity contribution in [2.45, 2.75) is 38.2 Å². The van der Waals surface area contributed by atoms with Crippen molar-refractivity contribution in [3.63, 3.8) is 0 Å². The molecule has 0 N–H and O–H groups in total. The Kier molecular flexibility index (Phi) is 5.77. The van der Waals surface area contributed by atoms with Gasteiger partial charge in [-0.05, 0) is 67.0 Å². The Bertz CT molecular complexity index is 798. The molecule has 0 spiro atoms. The minimum Gasteiger partial charge on any atom is -0.483 e. The van der Waals surface area contributed by atoms with E-state index in [0.29, 0.717) is 43.4 Å². The van der Waals surface area contributed by atoms with Gasteiger partial charge in [0.05, 0.1) is 0 Å². The SMILES string of the molecule is O=CC1CCC(c2cc(F)c(OCc3cc(F)c(F)c(F)c3)c(F)c2)CC1. The van der Waals surface area contributed by atoms with Crippen molar-refractivity contribution in [3.05, 3.63) is 64.5 Å². The molecule has 7 heteroatoms. The number of carbonyl (C=O) groups excluding carboxylic acids is 1. The third-order valence-corrected chi connectivity index (χ3v) is 4.88. The highest BCUT2D eigenvalue weighted by Crippen LogP contribution is 2.37. The lowest BCUT2D eigenvalue weighted by Gasteiger charge is -2.26. The number of benzene rings is 2. The number of ether oxygens (including phenoxy) is 1. The van der Waals surface area contributed by atoms with Crippen LogP contribution in [0.5, 0.6) is 5.75 Å². The molecule has 1 saturated carbocycles. The Balaban J connectivity index is 1.73. The predicted octanol–water partition coefficient (Wildman–Crippen LogP) is 5.43. The maximum Gasteiger partial charge on any atom is 0.194 e. The highest BCUT2D eigenvalue weighted by molar-refractivity contribution is 5.53. The Hall–Kier alpha value is -2.44. The zero-order chi connectivity index (χ0) is 19.6. The molecule has 0 bridgehead atoms. The summed E-state index contributed by atoms with van der Waals surface area (Å²) < 4.78 is 73.0. The molecule has 144 valence electrons. The highest BCUT2D eigenvalue weighted by Gasteiger charge is 2.24. The van der Waals surface area contributed by atoms with Gasteiger partial charge in [0.1, 0.15) is 12.9 Å². The van der Waals surface area contributed by atoms with Crippen molar-refractivity contribution in [2.24, 2.45) is 5.92 Å². The van der Waals surface area contributed by atoms with E-state index in [2.05, 4.69) is 0 Å². The molecule has 3 rings (SSSR count). The van der Waals surface area contributed by atoms with Gasteiger partial charge in [-0.1, -0.05) is 0 Å². The Labute approximate surface area is 153 Å². The molecule has 0 amide bonds. The van der Waals surface area contributed by atoms with Crippen LogP contribution in [0.2, 0.25) is 0 Å². The van der Waals surface area contributed by atoms with Crippen LogP contribution in [-0.2, 0) is 11.4 Å². The van der Waals surface area contributed by atoms with Gasteiger partial charge in [-0.2, -0.15) is 0 Å². The van der Waals surface area contributed by atoms with E-state index in [1.165, 1.54) is 12.1 Å². The molecule has 1 aliphatic carbocycles. The predicted molar refractivity (Wildman–Crippen MR) is 87.8 cm³/mol. The van der Waals surface area contributed by atoms with Gasteiger partial charge < -0.3 is 9.53 Å². The molecule has 0 unspecified atom stereocenters. The first-order chi connectivity index (χ1) is 12.9. The van der Waals surface area contributed by atoms with Gasteiger partial charge in [-0.15, -0.1) is 0 Å². The molecule has 0 radical (unpaired) electrons. The zero-order valence-electron chi connectivity index (χ0n) is 14.3. The van der Waals surface area contributed by atoms with E-state index in [4.69, 9.17) is 4.74 Å². The first kappa shape index (κ1) is 19.3. The summed E-state index contributed by atoms with van der Waals surface area (Å²) in [7, 11) is 0. The zero-order valence-corrected chi connectivity index (χ0v) is 14.3. The molecule has 0 saturated heterocycles. The molecule has 1 fully saturated rings. The summed E-state index contributed by atoms with van der Waals surface area (Å²) in [6.45, 7) is -0.522. The number of hydrogen-bond donors (Lipinski definition) is 0. The average Bonchev–Trinajstić information content (AvgIpc) is 2.65.